The molecule has 0 amide bonds. The Hall–Kier alpha value is -6.45. The number of imidazole rings is 1. The van der Waals surface area contributed by atoms with E-state index in [0.717, 1.165) is 72.3 Å². The predicted octanol–water partition coefficient (Wildman–Crippen LogP) is 12.8. The maximum absolute atomic E-state index is 6.96. The molecule has 2 aromatic heterocycles. The summed E-state index contributed by atoms with van der Waals surface area (Å²) < 4.78 is 9.32. The summed E-state index contributed by atoms with van der Waals surface area (Å²) in [6.45, 7) is 4.42. The van der Waals surface area contributed by atoms with Crippen LogP contribution >= 0.6 is 0 Å². The Morgan fingerprint density at radius 3 is 1.94 bits per heavy atom. The predicted molar refractivity (Wildman–Crippen MR) is 209 cm³/mol. The van der Waals surface area contributed by atoms with Crippen molar-refractivity contribution < 1.29 is 4.42 Å². The second-order valence-corrected chi connectivity index (χ2v) is 13.2. The number of rotatable bonds is 4. The zero-order valence-corrected chi connectivity index (χ0v) is 27.8. The van der Waals surface area contributed by atoms with Crippen LogP contribution in [0.3, 0.4) is 0 Å². The van der Waals surface area contributed by atoms with E-state index >= 15 is 0 Å². The largest absolute Gasteiger partial charge is 0.455 e. The van der Waals surface area contributed by atoms with E-state index in [2.05, 4.69) is 176 Å². The van der Waals surface area contributed by atoms with Crippen molar-refractivity contribution >= 4 is 54.5 Å². The molecule has 0 atom stereocenters. The van der Waals surface area contributed by atoms with E-state index in [1.807, 2.05) is 0 Å². The van der Waals surface area contributed by atoms with Crippen LogP contribution in [-0.4, -0.2) is 9.55 Å². The van der Waals surface area contributed by atoms with Gasteiger partial charge in [0.05, 0.1) is 22.3 Å². The molecule has 0 N–H and O–H groups in total. The third-order valence-corrected chi connectivity index (χ3v) is 10.4. The van der Waals surface area contributed by atoms with Crippen LogP contribution in [-0.2, 0) is 0 Å². The highest BCUT2D eigenvalue weighted by atomic mass is 16.3. The highest BCUT2D eigenvalue weighted by molar-refractivity contribution is 6.19. The fourth-order valence-corrected chi connectivity index (χ4v) is 7.83. The molecule has 3 nitrogen and oxygen atoms in total. The Balaban J connectivity index is 1.34. The molecule has 236 valence electrons. The monoisotopic (exact) mass is 640 g/mol. The average Bonchev–Trinajstić information content (AvgIpc) is 3.74. The van der Waals surface area contributed by atoms with Crippen LogP contribution in [0.4, 0.5) is 0 Å². The molecule has 8 aromatic carbocycles. The van der Waals surface area contributed by atoms with Gasteiger partial charge in [0, 0.05) is 21.9 Å². The third-order valence-electron chi connectivity index (χ3n) is 10.4. The van der Waals surface area contributed by atoms with Crippen molar-refractivity contribution in [2.75, 3.05) is 0 Å². The van der Waals surface area contributed by atoms with Crippen LogP contribution in [0, 0.1) is 13.8 Å². The highest BCUT2D eigenvalue weighted by Gasteiger charge is 2.25. The maximum Gasteiger partial charge on any atom is 0.149 e. The maximum atomic E-state index is 6.96. The molecule has 0 fully saturated rings. The van der Waals surface area contributed by atoms with Crippen LogP contribution in [0.25, 0.3) is 93.8 Å². The molecule has 10 rings (SSSR count). The number of fused-ring (bicyclic) bond motifs is 7. The zero-order chi connectivity index (χ0) is 33.3. The van der Waals surface area contributed by atoms with Gasteiger partial charge >= 0.3 is 0 Å². The fourth-order valence-electron chi connectivity index (χ4n) is 7.83. The number of hydrogen-bond donors (Lipinski definition) is 0. The third kappa shape index (κ3) is 4.27. The van der Waals surface area contributed by atoms with Crippen LogP contribution in [0.15, 0.2) is 162 Å². The number of hydrogen-bond acceptors (Lipinski definition) is 2. The molecule has 2 heterocycles. The van der Waals surface area contributed by atoms with E-state index in [9.17, 15) is 0 Å². The lowest BCUT2D eigenvalue weighted by Crippen LogP contribution is -2.03. The smallest absolute Gasteiger partial charge is 0.149 e. The van der Waals surface area contributed by atoms with Crippen molar-refractivity contribution in [3.63, 3.8) is 0 Å². The summed E-state index contributed by atoms with van der Waals surface area (Å²) >= 11 is 0. The van der Waals surface area contributed by atoms with E-state index in [4.69, 9.17) is 9.40 Å². The average molecular weight is 641 g/mol. The van der Waals surface area contributed by atoms with Gasteiger partial charge in [-0.15, -0.1) is 0 Å². The van der Waals surface area contributed by atoms with Crippen molar-refractivity contribution in [1.29, 1.82) is 0 Å². The molecule has 0 bridgehead atoms. The molecule has 0 radical (unpaired) electrons. The van der Waals surface area contributed by atoms with E-state index in [-0.39, 0.29) is 0 Å². The molecule has 0 aliphatic rings. The number of nitrogens with zero attached hydrogens (tertiary/aromatic N) is 2. The lowest BCUT2D eigenvalue weighted by atomic mass is 9.94. The Kier molecular flexibility index (Phi) is 6.31. The minimum absolute atomic E-state index is 0.855. The van der Waals surface area contributed by atoms with E-state index in [1.165, 1.54) is 32.7 Å². The first-order chi connectivity index (χ1) is 24.6. The second kappa shape index (κ2) is 11.0. The molecule has 10 aromatic rings. The quantitative estimate of drug-likeness (QED) is 0.179. The van der Waals surface area contributed by atoms with Crippen LogP contribution < -0.4 is 0 Å². The van der Waals surface area contributed by atoms with Gasteiger partial charge < -0.3 is 4.42 Å². The van der Waals surface area contributed by atoms with Gasteiger partial charge in [-0.1, -0.05) is 127 Å². The number of benzene rings is 8. The number of aryl methyl sites for hydroxylation is 2. The topological polar surface area (TPSA) is 31.0 Å². The first kappa shape index (κ1) is 28.6. The summed E-state index contributed by atoms with van der Waals surface area (Å²) in [6, 6.07) is 56.2. The minimum Gasteiger partial charge on any atom is -0.455 e. The first-order valence-electron chi connectivity index (χ1n) is 17.1. The van der Waals surface area contributed by atoms with Crippen molar-refractivity contribution in [3.8, 4) is 39.3 Å². The van der Waals surface area contributed by atoms with Gasteiger partial charge in [0.2, 0.25) is 0 Å². The normalized spacial score (nSPS) is 11.8. The van der Waals surface area contributed by atoms with Gasteiger partial charge in [0.15, 0.2) is 0 Å². The highest BCUT2D eigenvalue weighted by Crippen LogP contribution is 2.45. The molecule has 0 saturated carbocycles. The van der Waals surface area contributed by atoms with Crippen molar-refractivity contribution in [1.82, 2.24) is 9.55 Å². The Morgan fingerprint density at radius 1 is 0.520 bits per heavy atom. The summed E-state index contributed by atoms with van der Waals surface area (Å²) in [4.78, 5) is 5.42. The summed E-state index contributed by atoms with van der Waals surface area (Å²) in [5, 5.41) is 7.16. The molecular formula is C47H32N2O. The molecule has 0 aliphatic carbocycles. The number of aromatic nitrogens is 2. The minimum atomic E-state index is 0.855. The molecule has 0 unspecified atom stereocenters. The summed E-state index contributed by atoms with van der Waals surface area (Å²) in [6.07, 6.45) is 0. The van der Waals surface area contributed by atoms with E-state index < -0.39 is 0 Å². The fraction of sp³-hybridized carbons (Fsp3) is 0.0426. The Morgan fingerprint density at radius 2 is 1.18 bits per heavy atom. The van der Waals surface area contributed by atoms with Gasteiger partial charge in [-0.25, -0.2) is 4.98 Å². The zero-order valence-electron chi connectivity index (χ0n) is 27.8. The van der Waals surface area contributed by atoms with E-state index in [0.29, 0.717) is 0 Å². The summed E-state index contributed by atoms with van der Waals surface area (Å²) in [5.74, 6) is 0.855. The van der Waals surface area contributed by atoms with Crippen LogP contribution in [0.2, 0.25) is 0 Å². The molecule has 0 saturated heterocycles. The molecule has 0 spiro atoms. The first-order valence-corrected chi connectivity index (χ1v) is 17.1. The van der Waals surface area contributed by atoms with Crippen molar-refractivity contribution in [3.05, 3.63) is 169 Å². The molecule has 0 aliphatic heterocycles. The SMILES string of the molecule is Cc1cc(-c2nc3ccccc3n2-c2c(-c3ccccc3)cccc2-c2ccccc2)c2oc3cc4ccc5ccccc5c4cc3c2c1C. The van der Waals surface area contributed by atoms with Crippen LogP contribution in [0.1, 0.15) is 11.1 Å². The van der Waals surface area contributed by atoms with E-state index in [1.54, 1.807) is 0 Å². The summed E-state index contributed by atoms with van der Waals surface area (Å²) in [5.41, 5.74) is 12.8. The van der Waals surface area contributed by atoms with Gasteiger partial charge in [0.25, 0.3) is 0 Å². The second-order valence-electron chi connectivity index (χ2n) is 13.2. The van der Waals surface area contributed by atoms with Crippen molar-refractivity contribution in [2.24, 2.45) is 0 Å². The van der Waals surface area contributed by atoms with Gasteiger partial charge in [-0.2, -0.15) is 0 Å². The lowest BCUT2D eigenvalue weighted by Gasteiger charge is -2.20. The number of furan rings is 1. The molecule has 3 heteroatoms. The Labute approximate surface area is 289 Å². The van der Waals surface area contributed by atoms with Crippen LogP contribution in [0.5, 0.6) is 0 Å². The molecular weight excluding hydrogens is 609 g/mol. The van der Waals surface area contributed by atoms with Gasteiger partial charge in [-0.05, 0) is 88.0 Å². The van der Waals surface area contributed by atoms with Gasteiger partial charge in [-0.3, -0.25) is 4.57 Å². The summed E-state index contributed by atoms with van der Waals surface area (Å²) in [7, 11) is 0. The number of para-hydroxylation sites is 3. The van der Waals surface area contributed by atoms with Gasteiger partial charge in [0.1, 0.15) is 17.0 Å². The standard InChI is InChI=1S/C47H32N2O/c1-29-26-40(46-44(30(29)2)39-28-38-34(27-43(39)50-46)25-24-33-18-9-10-19-35(33)38)47-48-41-22-11-12-23-42(41)49(47)45-36(31-14-5-3-6-15-31)20-13-21-37(45)32-16-7-4-8-17-32/h3-28H,1-2H3. The lowest BCUT2D eigenvalue weighted by molar-refractivity contribution is 0.669. The molecule has 50 heavy (non-hydrogen) atoms. The Bertz CT molecular complexity index is 2870. The van der Waals surface area contributed by atoms with Crippen molar-refractivity contribution in [2.45, 2.75) is 13.8 Å².